The molecule has 90 valence electrons. The van der Waals surface area contributed by atoms with E-state index in [9.17, 15) is 0 Å². The van der Waals surface area contributed by atoms with E-state index in [4.69, 9.17) is 0 Å². The van der Waals surface area contributed by atoms with Gasteiger partial charge in [0.25, 0.3) is 0 Å². The molecule has 0 bridgehead atoms. The van der Waals surface area contributed by atoms with Gasteiger partial charge in [0, 0.05) is 6.04 Å². The minimum Gasteiger partial charge on any atom is -0.317 e. The number of nitrogens with one attached hydrogen (secondary N) is 1. The molecule has 1 heteroatoms. The standard InChI is InChI=1S/C14H29N/c1-5-7-8-12(6-2)10-14(15-4)13-9-11(13)3/h11-15H,5-10H2,1-4H3. The smallest absolute Gasteiger partial charge is 0.00976 e. The van der Waals surface area contributed by atoms with Gasteiger partial charge in [0.05, 0.1) is 0 Å². The van der Waals surface area contributed by atoms with Crippen LogP contribution in [0, 0.1) is 17.8 Å². The van der Waals surface area contributed by atoms with Crippen LogP contribution in [0.3, 0.4) is 0 Å². The Balaban J connectivity index is 2.28. The summed E-state index contributed by atoms with van der Waals surface area (Å²) in [7, 11) is 2.14. The summed E-state index contributed by atoms with van der Waals surface area (Å²) in [6, 6.07) is 0.793. The summed E-state index contributed by atoms with van der Waals surface area (Å²) in [6.07, 6.45) is 8.42. The largest absolute Gasteiger partial charge is 0.317 e. The molecular weight excluding hydrogens is 182 g/mol. The van der Waals surface area contributed by atoms with E-state index in [1.165, 1.54) is 38.5 Å². The Morgan fingerprint density at radius 1 is 1.33 bits per heavy atom. The minimum atomic E-state index is 0.793. The average Bonchev–Trinajstić information content (AvgIpc) is 2.96. The van der Waals surface area contributed by atoms with E-state index >= 15 is 0 Å². The third kappa shape index (κ3) is 4.14. The fourth-order valence-electron chi connectivity index (χ4n) is 2.76. The number of rotatable bonds is 8. The molecule has 1 aliphatic rings. The van der Waals surface area contributed by atoms with E-state index in [1.54, 1.807) is 0 Å². The Hall–Kier alpha value is -0.0400. The molecule has 0 radical (unpaired) electrons. The van der Waals surface area contributed by atoms with Gasteiger partial charge in [-0.1, -0.05) is 46.5 Å². The summed E-state index contributed by atoms with van der Waals surface area (Å²) in [6.45, 7) is 7.04. The third-order valence-electron chi connectivity index (χ3n) is 4.19. The maximum atomic E-state index is 3.54. The molecule has 0 aromatic carbocycles. The Morgan fingerprint density at radius 2 is 2.00 bits per heavy atom. The Bertz CT molecular complexity index is 167. The first-order chi connectivity index (χ1) is 7.22. The van der Waals surface area contributed by atoms with E-state index in [-0.39, 0.29) is 0 Å². The van der Waals surface area contributed by atoms with Crippen molar-refractivity contribution in [3.8, 4) is 0 Å². The first-order valence-electron chi connectivity index (χ1n) is 6.90. The van der Waals surface area contributed by atoms with Crippen LogP contribution < -0.4 is 5.32 Å². The van der Waals surface area contributed by atoms with Crippen LogP contribution in [0.15, 0.2) is 0 Å². The molecule has 0 aromatic rings. The van der Waals surface area contributed by atoms with Crippen molar-refractivity contribution in [3.63, 3.8) is 0 Å². The van der Waals surface area contributed by atoms with Gasteiger partial charge in [-0.05, 0) is 37.6 Å². The van der Waals surface area contributed by atoms with E-state index < -0.39 is 0 Å². The zero-order chi connectivity index (χ0) is 11.3. The quantitative estimate of drug-likeness (QED) is 0.643. The lowest BCUT2D eigenvalue weighted by molar-refractivity contribution is 0.333. The molecule has 15 heavy (non-hydrogen) atoms. The summed E-state index contributed by atoms with van der Waals surface area (Å²) in [5, 5.41) is 3.54. The molecule has 0 saturated heterocycles. The van der Waals surface area contributed by atoms with Crippen molar-refractivity contribution in [2.45, 2.75) is 65.3 Å². The lowest BCUT2D eigenvalue weighted by Crippen LogP contribution is -2.30. The zero-order valence-corrected chi connectivity index (χ0v) is 11.1. The van der Waals surface area contributed by atoms with Crippen LogP contribution in [0.25, 0.3) is 0 Å². The number of hydrogen-bond donors (Lipinski definition) is 1. The second kappa shape index (κ2) is 6.52. The molecule has 1 N–H and O–H groups in total. The van der Waals surface area contributed by atoms with Crippen molar-refractivity contribution in [3.05, 3.63) is 0 Å². The molecule has 1 rings (SSSR count). The van der Waals surface area contributed by atoms with Gasteiger partial charge in [-0.15, -0.1) is 0 Å². The van der Waals surface area contributed by atoms with Gasteiger partial charge in [-0.3, -0.25) is 0 Å². The SMILES string of the molecule is CCCCC(CC)CC(NC)C1CC1C. The Morgan fingerprint density at radius 3 is 2.40 bits per heavy atom. The molecule has 1 saturated carbocycles. The fraction of sp³-hybridized carbons (Fsp3) is 1.00. The maximum absolute atomic E-state index is 3.54. The molecular formula is C14H29N. The molecule has 0 aliphatic heterocycles. The predicted molar refractivity (Wildman–Crippen MR) is 68.0 cm³/mol. The highest BCUT2D eigenvalue weighted by molar-refractivity contribution is 4.92. The lowest BCUT2D eigenvalue weighted by Gasteiger charge is -2.22. The number of hydrogen-bond acceptors (Lipinski definition) is 1. The van der Waals surface area contributed by atoms with Crippen LogP contribution in [-0.4, -0.2) is 13.1 Å². The van der Waals surface area contributed by atoms with Crippen LogP contribution in [0.4, 0.5) is 0 Å². The highest BCUT2D eigenvalue weighted by Gasteiger charge is 2.39. The van der Waals surface area contributed by atoms with Crippen LogP contribution in [0.2, 0.25) is 0 Å². The van der Waals surface area contributed by atoms with Crippen LogP contribution >= 0.6 is 0 Å². The molecule has 1 nitrogen and oxygen atoms in total. The summed E-state index contributed by atoms with van der Waals surface area (Å²) in [5.74, 6) is 2.91. The molecule has 1 aliphatic carbocycles. The maximum Gasteiger partial charge on any atom is 0.00976 e. The first-order valence-corrected chi connectivity index (χ1v) is 6.90. The summed E-state index contributed by atoms with van der Waals surface area (Å²) < 4.78 is 0. The fourth-order valence-corrected chi connectivity index (χ4v) is 2.76. The molecule has 4 unspecified atom stereocenters. The molecule has 0 heterocycles. The number of unbranched alkanes of at least 4 members (excludes halogenated alkanes) is 1. The minimum absolute atomic E-state index is 0.793. The van der Waals surface area contributed by atoms with Gasteiger partial charge in [0.15, 0.2) is 0 Å². The summed E-state index contributed by atoms with van der Waals surface area (Å²) >= 11 is 0. The van der Waals surface area contributed by atoms with E-state index in [2.05, 4.69) is 33.1 Å². The molecule has 1 fully saturated rings. The van der Waals surface area contributed by atoms with Gasteiger partial charge < -0.3 is 5.32 Å². The molecule has 0 aromatic heterocycles. The van der Waals surface area contributed by atoms with E-state index in [0.717, 1.165) is 23.8 Å². The summed E-state index contributed by atoms with van der Waals surface area (Å²) in [5.41, 5.74) is 0. The monoisotopic (exact) mass is 211 g/mol. The summed E-state index contributed by atoms with van der Waals surface area (Å²) in [4.78, 5) is 0. The van der Waals surface area contributed by atoms with E-state index in [1.807, 2.05) is 0 Å². The normalized spacial score (nSPS) is 28.8. The highest BCUT2D eigenvalue weighted by atomic mass is 14.9. The van der Waals surface area contributed by atoms with Gasteiger partial charge in [-0.25, -0.2) is 0 Å². The molecule has 0 spiro atoms. The van der Waals surface area contributed by atoms with Crippen molar-refractivity contribution in [2.24, 2.45) is 17.8 Å². The second-order valence-electron chi connectivity index (χ2n) is 5.42. The van der Waals surface area contributed by atoms with E-state index in [0.29, 0.717) is 0 Å². The van der Waals surface area contributed by atoms with Crippen molar-refractivity contribution in [1.82, 2.24) is 5.32 Å². The molecule has 0 amide bonds. The third-order valence-corrected chi connectivity index (χ3v) is 4.19. The van der Waals surface area contributed by atoms with Crippen molar-refractivity contribution in [1.29, 1.82) is 0 Å². The van der Waals surface area contributed by atoms with Crippen molar-refractivity contribution in [2.75, 3.05) is 7.05 Å². The Kier molecular flexibility index (Phi) is 5.66. The predicted octanol–water partition coefficient (Wildman–Crippen LogP) is 3.84. The van der Waals surface area contributed by atoms with Crippen LogP contribution in [0.5, 0.6) is 0 Å². The highest BCUT2D eigenvalue weighted by Crippen LogP contribution is 2.42. The van der Waals surface area contributed by atoms with Gasteiger partial charge in [0.2, 0.25) is 0 Å². The van der Waals surface area contributed by atoms with Gasteiger partial charge in [0.1, 0.15) is 0 Å². The molecule has 4 atom stereocenters. The van der Waals surface area contributed by atoms with Crippen molar-refractivity contribution >= 4 is 0 Å². The van der Waals surface area contributed by atoms with Gasteiger partial charge in [-0.2, -0.15) is 0 Å². The first kappa shape index (κ1) is 13.0. The van der Waals surface area contributed by atoms with Crippen LogP contribution in [-0.2, 0) is 0 Å². The Labute approximate surface area is 96.0 Å². The average molecular weight is 211 g/mol. The van der Waals surface area contributed by atoms with Crippen molar-refractivity contribution < 1.29 is 0 Å². The zero-order valence-electron chi connectivity index (χ0n) is 11.1. The second-order valence-corrected chi connectivity index (χ2v) is 5.42. The lowest BCUT2D eigenvalue weighted by atomic mass is 9.90. The van der Waals surface area contributed by atoms with Crippen LogP contribution in [0.1, 0.15) is 59.3 Å². The van der Waals surface area contributed by atoms with Gasteiger partial charge >= 0.3 is 0 Å². The topological polar surface area (TPSA) is 12.0 Å².